The number of rotatable bonds is 5. The summed E-state index contributed by atoms with van der Waals surface area (Å²) in [5.41, 5.74) is 2.62. The van der Waals surface area contributed by atoms with Crippen LogP contribution in [0.2, 0.25) is 0 Å². The third-order valence-corrected chi connectivity index (χ3v) is 6.41. The molecule has 0 aliphatic heterocycles. The number of esters is 1. The minimum absolute atomic E-state index is 0.151. The predicted molar refractivity (Wildman–Crippen MR) is 111 cm³/mol. The van der Waals surface area contributed by atoms with Crippen molar-refractivity contribution in [2.24, 2.45) is 0 Å². The van der Waals surface area contributed by atoms with Gasteiger partial charge in [0.05, 0.1) is 16.0 Å². The highest BCUT2D eigenvalue weighted by atomic mass is 32.2. The minimum Gasteiger partial charge on any atom is -0.457 e. The molecule has 0 radical (unpaired) electrons. The van der Waals surface area contributed by atoms with Gasteiger partial charge in [-0.2, -0.15) is 0 Å². The first-order valence-corrected chi connectivity index (χ1v) is 10.5. The molecular formula is C23H19NO4S. The van der Waals surface area contributed by atoms with E-state index in [9.17, 15) is 13.2 Å². The molecule has 0 bridgehead atoms. The van der Waals surface area contributed by atoms with Gasteiger partial charge in [-0.3, -0.25) is 0 Å². The highest BCUT2D eigenvalue weighted by Gasteiger charge is 2.21. The Labute approximate surface area is 169 Å². The van der Waals surface area contributed by atoms with Crippen LogP contribution in [-0.2, 0) is 21.4 Å². The van der Waals surface area contributed by atoms with Crippen molar-refractivity contribution in [2.75, 3.05) is 0 Å². The molecule has 0 unspecified atom stereocenters. The summed E-state index contributed by atoms with van der Waals surface area (Å²) in [6.45, 7) is 2.05. The standard InChI is InChI=1S/C23H19NO4S/c1-17-10-12-19(13-11-17)29(26,27)24-15-14-20-21(8-5-9-22(20)24)23(25)28-16-18-6-3-2-4-7-18/h2-15H,16H2,1H3. The number of benzene rings is 3. The van der Waals surface area contributed by atoms with Crippen LogP contribution in [0.4, 0.5) is 0 Å². The molecule has 0 N–H and O–H groups in total. The lowest BCUT2D eigenvalue weighted by Crippen LogP contribution is -2.12. The minimum atomic E-state index is -3.77. The Balaban J connectivity index is 1.68. The third-order valence-electron chi connectivity index (χ3n) is 4.71. The van der Waals surface area contributed by atoms with Crippen LogP contribution in [0.3, 0.4) is 0 Å². The molecule has 146 valence electrons. The summed E-state index contributed by atoms with van der Waals surface area (Å²) in [4.78, 5) is 12.8. The van der Waals surface area contributed by atoms with Gasteiger partial charge in [0.1, 0.15) is 6.61 Å². The maximum atomic E-state index is 13.1. The molecule has 3 aromatic carbocycles. The quantitative estimate of drug-likeness (QED) is 0.457. The Kier molecular flexibility index (Phi) is 4.94. The van der Waals surface area contributed by atoms with E-state index in [4.69, 9.17) is 4.74 Å². The van der Waals surface area contributed by atoms with E-state index >= 15 is 0 Å². The first kappa shape index (κ1) is 19.0. The van der Waals surface area contributed by atoms with Gasteiger partial charge in [-0.15, -0.1) is 0 Å². The van der Waals surface area contributed by atoms with Gasteiger partial charge in [0.25, 0.3) is 10.0 Å². The molecule has 0 aliphatic carbocycles. The molecular weight excluding hydrogens is 386 g/mol. The molecule has 0 atom stereocenters. The molecule has 4 aromatic rings. The number of hydrogen-bond donors (Lipinski definition) is 0. The van der Waals surface area contributed by atoms with E-state index in [1.165, 1.54) is 10.2 Å². The second-order valence-electron chi connectivity index (χ2n) is 6.73. The molecule has 0 saturated heterocycles. The second-order valence-corrected chi connectivity index (χ2v) is 8.54. The second kappa shape index (κ2) is 7.56. The van der Waals surface area contributed by atoms with Crippen LogP contribution in [0.1, 0.15) is 21.5 Å². The number of carbonyl (C=O) groups excluding carboxylic acids is 1. The molecule has 29 heavy (non-hydrogen) atoms. The van der Waals surface area contributed by atoms with Crippen molar-refractivity contribution in [1.82, 2.24) is 3.97 Å². The lowest BCUT2D eigenvalue weighted by Gasteiger charge is -2.09. The summed E-state index contributed by atoms with van der Waals surface area (Å²) in [6.07, 6.45) is 1.47. The van der Waals surface area contributed by atoms with E-state index in [0.29, 0.717) is 16.5 Å². The molecule has 6 heteroatoms. The molecule has 1 heterocycles. The van der Waals surface area contributed by atoms with Crippen LogP contribution < -0.4 is 0 Å². The Hall–Kier alpha value is -3.38. The van der Waals surface area contributed by atoms with E-state index in [1.54, 1.807) is 48.5 Å². The molecule has 0 spiro atoms. The predicted octanol–water partition coefficient (Wildman–Crippen LogP) is 4.54. The molecule has 5 nitrogen and oxygen atoms in total. The summed E-state index contributed by atoms with van der Waals surface area (Å²) in [6, 6.07) is 22.6. The topological polar surface area (TPSA) is 65.4 Å². The largest absolute Gasteiger partial charge is 0.457 e. The molecule has 0 fully saturated rings. The fourth-order valence-corrected chi connectivity index (χ4v) is 4.50. The van der Waals surface area contributed by atoms with Gasteiger partial charge in [0.2, 0.25) is 0 Å². The van der Waals surface area contributed by atoms with Gasteiger partial charge in [0, 0.05) is 11.6 Å². The number of nitrogens with zero attached hydrogens (tertiary/aromatic N) is 1. The zero-order chi connectivity index (χ0) is 20.4. The van der Waals surface area contributed by atoms with Gasteiger partial charge >= 0.3 is 5.97 Å². The monoisotopic (exact) mass is 405 g/mol. The molecule has 0 amide bonds. The number of ether oxygens (including phenoxy) is 1. The fourth-order valence-electron chi connectivity index (χ4n) is 3.16. The first-order valence-electron chi connectivity index (χ1n) is 9.10. The summed E-state index contributed by atoms with van der Waals surface area (Å²) in [7, 11) is -3.77. The van der Waals surface area contributed by atoms with Crippen molar-refractivity contribution in [2.45, 2.75) is 18.4 Å². The fraction of sp³-hybridized carbons (Fsp3) is 0.0870. The van der Waals surface area contributed by atoms with E-state index in [0.717, 1.165) is 11.1 Å². The van der Waals surface area contributed by atoms with Crippen molar-refractivity contribution in [1.29, 1.82) is 0 Å². The average molecular weight is 405 g/mol. The van der Waals surface area contributed by atoms with Crippen LogP contribution in [0.25, 0.3) is 10.9 Å². The zero-order valence-electron chi connectivity index (χ0n) is 15.8. The summed E-state index contributed by atoms with van der Waals surface area (Å²) in [5.74, 6) is -0.495. The lowest BCUT2D eigenvalue weighted by molar-refractivity contribution is 0.0475. The van der Waals surface area contributed by atoms with Crippen LogP contribution in [0.15, 0.2) is 90.0 Å². The van der Waals surface area contributed by atoms with Crippen LogP contribution in [-0.4, -0.2) is 18.4 Å². The summed E-state index contributed by atoms with van der Waals surface area (Å²) < 4.78 is 32.7. The van der Waals surface area contributed by atoms with E-state index in [2.05, 4.69) is 0 Å². The number of hydrogen-bond acceptors (Lipinski definition) is 4. The lowest BCUT2D eigenvalue weighted by atomic mass is 10.1. The maximum absolute atomic E-state index is 13.1. The molecule has 4 rings (SSSR count). The van der Waals surface area contributed by atoms with E-state index in [1.807, 2.05) is 37.3 Å². The molecule has 0 saturated carbocycles. The van der Waals surface area contributed by atoms with Gasteiger partial charge in [-0.25, -0.2) is 17.2 Å². The maximum Gasteiger partial charge on any atom is 0.339 e. The molecule has 0 aliphatic rings. The Morgan fingerprint density at radius 3 is 2.34 bits per heavy atom. The van der Waals surface area contributed by atoms with Crippen molar-refractivity contribution in [3.8, 4) is 0 Å². The summed E-state index contributed by atoms with van der Waals surface area (Å²) in [5, 5.41) is 0.529. The van der Waals surface area contributed by atoms with Gasteiger partial charge in [-0.1, -0.05) is 54.1 Å². The number of fused-ring (bicyclic) bond motifs is 1. The van der Waals surface area contributed by atoms with Crippen LogP contribution >= 0.6 is 0 Å². The van der Waals surface area contributed by atoms with Crippen LogP contribution in [0.5, 0.6) is 0 Å². The zero-order valence-corrected chi connectivity index (χ0v) is 16.6. The van der Waals surface area contributed by atoms with Crippen LogP contribution in [0, 0.1) is 6.92 Å². The third kappa shape index (κ3) is 3.67. The van der Waals surface area contributed by atoms with Gasteiger partial charge in [0.15, 0.2) is 0 Å². The number of carbonyl (C=O) groups is 1. The smallest absolute Gasteiger partial charge is 0.339 e. The van der Waals surface area contributed by atoms with Gasteiger partial charge in [-0.05, 0) is 42.8 Å². The van der Waals surface area contributed by atoms with Crippen molar-refractivity contribution in [3.63, 3.8) is 0 Å². The van der Waals surface area contributed by atoms with E-state index in [-0.39, 0.29) is 11.5 Å². The van der Waals surface area contributed by atoms with Crippen molar-refractivity contribution in [3.05, 3.63) is 102 Å². The first-order chi connectivity index (χ1) is 14.0. The number of aromatic nitrogens is 1. The Morgan fingerprint density at radius 2 is 1.62 bits per heavy atom. The SMILES string of the molecule is Cc1ccc(S(=O)(=O)n2ccc3c(C(=O)OCc4ccccc4)cccc32)cc1. The van der Waals surface area contributed by atoms with E-state index < -0.39 is 16.0 Å². The average Bonchev–Trinajstić information content (AvgIpc) is 3.18. The van der Waals surface area contributed by atoms with Crippen molar-refractivity contribution < 1.29 is 17.9 Å². The van der Waals surface area contributed by atoms with Crippen molar-refractivity contribution >= 4 is 26.9 Å². The Bertz CT molecular complexity index is 1270. The Morgan fingerprint density at radius 1 is 0.897 bits per heavy atom. The normalized spacial score (nSPS) is 11.5. The highest BCUT2D eigenvalue weighted by molar-refractivity contribution is 7.90. The van der Waals surface area contributed by atoms with Gasteiger partial charge < -0.3 is 4.74 Å². The molecule has 1 aromatic heterocycles. The number of aryl methyl sites for hydroxylation is 1. The highest BCUT2D eigenvalue weighted by Crippen LogP contribution is 2.25. The summed E-state index contributed by atoms with van der Waals surface area (Å²) >= 11 is 0.